The molecule has 0 saturated carbocycles. The maximum atomic E-state index is 12.7. The van der Waals surface area contributed by atoms with Gasteiger partial charge in [-0.15, -0.1) is 0 Å². The van der Waals surface area contributed by atoms with Crippen molar-refractivity contribution >= 4 is 18.1 Å². The number of aromatic nitrogens is 5. The average Bonchev–Trinajstić information content (AvgIpc) is 3.06. The van der Waals surface area contributed by atoms with Crippen LogP contribution in [0, 0.1) is 11.7 Å². The Hall–Kier alpha value is -2.87. The number of benzene rings is 1. The second-order valence-corrected chi connectivity index (χ2v) is 7.07. The summed E-state index contributed by atoms with van der Waals surface area (Å²) in [6, 6.07) is 8.09. The first-order valence-corrected chi connectivity index (χ1v) is 9.30. The number of hydrogen-bond acceptors (Lipinski definition) is 5. The van der Waals surface area contributed by atoms with Crippen molar-refractivity contribution in [1.82, 2.24) is 29.6 Å². The average molecular weight is 380 g/mol. The van der Waals surface area contributed by atoms with E-state index in [0.717, 1.165) is 34.6 Å². The molecule has 1 aliphatic heterocycles. The van der Waals surface area contributed by atoms with Crippen molar-refractivity contribution in [3.8, 4) is 11.4 Å². The number of amides is 1. The fourth-order valence-corrected chi connectivity index (χ4v) is 3.58. The van der Waals surface area contributed by atoms with Gasteiger partial charge in [0.2, 0.25) is 5.91 Å². The largest absolute Gasteiger partial charge is 0.336 e. The molecule has 0 atom stereocenters. The molecule has 1 aromatic carbocycles. The first kappa shape index (κ1) is 17.5. The number of nitrogens with one attached hydrogen (secondary N) is 1. The molecular weight excluding hydrogens is 360 g/mol. The van der Waals surface area contributed by atoms with Crippen molar-refractivity contribution in [2.75, 3.05) is 6.54 Å². The van der Waals surface area contributed by atoms with Gasteiger partial charge in [-0.25, -0.2) is 9.97 Å². The van der Waals surface area contributed by atoms with Crippen LogP contribution in [0.5, 0.6) is 0 Å². The second-order valence-electron chi connectivity index (χ2n) is 6.68. The lowest BCUT2D eigenvalue weighted by Gasteiger charge is -2.27. The minimum Gasteiger partial charge on any atom is -0.336 e. The quantitative estimate of drug-likeness (QED) is 0.704. The van der Waals surface area contributed by atoms with Crippen LogP contribution in [0.2, 0.25) is 0 Å². The van der Waals surface area contributed by atoms with E-state index in [1.807, 2.05) is 40.8 Å². The summed E-state index contributed by atoms with van der Waals surface area (Å²) in [5.74, 6) is 0.853. The monoisotopic (exact) mass is 380 g/mol. The van der Waals surface area contributed by atoms with E-state index in [4.69, 9.17) is 12.2 Å². The van der Waals surface area contributed by atoms with Crippen LogP contribution in [0.1, 0.15) is 23.2 Å². The van der Waals surface area contributed by atoms with Crippen LogP contribution in [0.25, 0.3) is 11.4 Å². The molecule has 1 N–H and O–H groups in total. The van der Waals surface area contributed by atoms with Crippen LogP contribution in [0.4, 0.5) is 0 Å². The number of H-pyrrole nitrogens is 1. The van der Waals surface area contributed by atoms with Gasteiger partial charge in [0.15, 0.2) is 10.6 Å². The summed E-state index contributed by atoms with van der Waals surface area (Å²) in [4.78, 5) is 22.9. The van der Waals surface area contributed by atoms with E-state index in [1.165, 1.54) is 6.33 Å². The molecule has 3 heterocycles. The van der Waals surface area contributed by atoms with Crippen molar-refractivity contribution in [3.63, 3.8) is 0 Å². The van der Waals surface area contributed by atoms with E-state index < -0.39 is 0 Å². The summed E-state index contributed by atoms with van der Waals surface area (Å²) in [6.45, 7) is 3.76. The summed E-state index contributed by atoms with van der Waals surface area (Å²) in [5.41, 5.74) is 4.20. The van der Waals surface area contributed by atoms with Gasteiger partial charge in [-0.3, -0.25) is 14.5 Å². The number of aryl methyl sites for hydroxylation is 1. The highest BCUT2D eigenvalue weighted by Crippen LogP contribution is 2.20. The lowest BCUT2D eigenvalue weighted by Crippen LogP contribution is -2.36. The van der Waals surface area contributed by atoms with Crippen LogP contribution in [0.3, 0.4) is 0 Å². The Balaban J connectivity index is 1.47. The highest BCUT2D eigenvalue weighted by molar-refractivity contribution is 7.71. The number of carbonyl (C=O) groups excluding carboxylic acids is 1. The zero-order valence-corrected chi connectivity index (χ0v) is 15.9. The van der Waals surface area contributed by atoms with Gasteiger partial charge in [-0.05, 0) is 37.2 Å². The predicted molar refractivity (Wildman–Crippen MR) is 103 cm³/mol. The maximum absolute atomic E-state index is 12.7. The van der Waals surface area contributed by atoms with E-state index >= 15 is 0 Å². The minimum absolute atomic E-state index is 0.0950. The van der Waals surface area contributed by atoms with Crippen LogP contribution in [-0.2, 0) is 24.3 Å². The number of fused-ring (bicyclic) bond motifs is 1. The number of hydrogen-bond donors (Lipinski definition) is 1. The molecule has 0 fully saturated rings. The number of rotatable bonds is 4. The summed E-state index contributed by atoms with van der Waals surface area (Å²) < 4.78 is 2.42. The highest BCUT2D eigenvalue weighted by Gasteiger charge is 2.22. The number of carbonyl (C=O) groups is 1. The van der Waals surface area contributed by atoms with Gasteiger partial charge in [0.05, 0.1) is 12.2 Å². The maximum Gasteiger partial charge on any atom is 0.224 e. The SMILES string of the molecule is Cc1cccc(-c2n[nH]c(=S)n2CCC(=O)N2CCc3cncnc3C2)c1. The summed E-state index contributed by atoms with van der Waals surface area (Å²) in [6.07, 6.45) is 4.53. The lowest BCUT2D eigenvalue weighted by atomic mass is 10.1. The van der Waals surface area contributed by atoms with Gasteiger partial charge in [-0.1, -0.05) is 23.8 Å². The lowest BCUT2D eigenvalue weighted by molar-refractivity contribution is -0.132. The summed E-state index contributed by atoms with van der Waals surface area (Å²) in [5, 5.41) is 7.20. The van der Waals surface area contributed by atoms with Gasteiger partial charge in [0.25, 0.3) is 0 Å². The second kappa shape index (κ2) is 7.40. The Morgan fingerprint density at radius 1 is 1.37 bits per heavy atom. The number of nitrogens with zero attached hydrogens (tertiary/aromatic N) is 5. The van der Waals surface area contributed by atoms with Crippen molar-refractivity contribution in [2.24, 2.45) is 0 Å². The molecule has 7 nitrogen and oxygen atoms in total. The highest BCUT2D eigenvalue weighted by atomic mass is 32.1. The fourth-order valence-electron chi connectivity index (χ4n) is 3.36. The molecule has 138 valence electrons. The number of aromatic amines is 1. The van der Waals surface area contributed by atoms with Gasteiger partial charge >= 0.3 is 0 Å². The van der Waals surface area contributed by atoms with E-state index in [2.05, 4.69) is 26.2 Å². The Bertz CT molecular complexity index is 1040. The van der Waals surface area contributed by atoms with E-state index in [9.17, 15) is 4.79 Å². The van der Waals surface area contributed by atoms with Gasteiger partial charge < -0.3 is 4.90 Å². The molecule has 3 aromatic rings. The zero-order valence-electron chi connectivity index (χ0n) is 15.1. The molecular formula is C19H20N6OS. The molecule has 1 aliphatic rings. The molecule has 0 saturated heterocycles. The molecule has 1 amide bonds. The van der Waals surface area contributed by atoms with E-state index in [1.54, 1.807) is 0 Å². The molecule has 0 spiro atoms. The van der Waals surface area contributed by atoms with Crippen LogP contribution in [-0.4, -0.2) is 42.1 Å². The normalized spacial score (nSPS) is 13.4. The first-order valence-electron chi connectivity index (χ1n) is 8.89. The van der Waals surface area contributed by atoms with E-state index in [0.29, 0.717) is 30.8 Å². The van der Waals surface area contributed by atoms with Gasteiger partial charge in [0.1, 0.15) is 6.33 Å². The smallest absolute Gasteiger partial charge is 0.224 e. The molecule has 0 radical (unpaired) electrons. The van der Waals surface area contributed by atoms with Gasteiger partial charge in [0, 0.05) is 31.3 Å². The third-order valence-corrected chi connectivity index (χ3v) is 5.12. The topological polar surface area (TPSA) is 79.7 Å². The molecule has 0 bridgehead atoms. The van der Waals surface area contributed by atoms with Crippen molar-refractivity contribution in [2.45, 2.75) is 32.9 Å². The predicted octanol–water partition coefficient (Wildman–Crippen LogP) is 2.68. The third kappa shape index (κ3) is 3.66. The molecule has 27 heavy (non-hydrogen) atoms. The third-order valence-electron chi connectivity index (χ3n) is 4.81. The standard InChI is InChI=1S/C19H20N6OS/c1-13-3-2-4-14(9-13)18-22-23-19(27)25(18)8-6-17(26)24-7-5-15-10-20-12-21-16(15)11-24/h2-4,9-10,12H,5-8,11H2,1H3,(H,23,27). The Kier molecular flexibility index (Phi) is 4.81. The Labute approximate surface area is 162 Å². The van der Waals surface area contributed by atoms with Crippen molar-refractivity contribution in [1.29, 1.82) is 0 Å². The fraction of sp³-hybridized carbons (Fsp3) is 0.316. The summed E-state index contributed by atoms with van der Waals surface area (Å²) >= 11 is 5.37. The zero-order chi connectivity index (χ0) is 18.8. The Morgan fingerprint density at radius 3 is 3.11 bits per heavy atom. The van der Waals surface area contributed by atoms with Crippen LogP contribution in [0.15, 0.2) is 36.8 Å². The Morgan fingerprint density at radius 2 is 2.26 bits per heavy atom. The molecule has 2 aromatic heterocycles. The molecule has 4 rings (SSSR count). The van der Waals surface area contributed by atoms with Crippen LogP contribution >= 0.6 is 12.2 Å². The summed E-state index contributed by atoms with van der Waals surface area (Å²) in [7, 11) is 0. The first-order chi connectivity index (χ1) is 13.1. The van der Waals surface area contributed by atoms with Gasteiger partial charge in [-0.2, -0.15) is 5.10 Å². The van der Waals surface area contributed by atoms with E-state index in [-0.39, 0.29) is 5.91 Å². The molecule has 0 unspecified atom stereocenters. The molecule has 0 aliphatic carbocycles. The molecule has 8 heteroatoms. The van der Waals surface area contributed by atoms with Crippen molar-refractivity contribution < 1.29 is 4.79 Å². The minimum atomic E-state index is 0.0950. The van der Waals surface area contributed by atoms with Crippen molar-refractivity contribution in [3.05, 3.63) is 58.4 Å². The van der Waals surface area contributed by atoms with Crippen LogP contribution < -0.4 is 0 Å².